The van der Waals surface area contributed by atoms with E-state index in [4.69, 9.17) is 4.52 Å². The minimum absolute atomic E-state index is 0.105. The summed E-state index contributed by atoms with van der Waals surface area (Å²) < 4.78 is 5.25. The predicted octanol–water partition coefficient (Wildman–Crippen LogP) is 2.46. The van der Waals surface area contributed by atoms with Gasteiger partial charge in [-0.25, -0.2) is 0 Å². The largest absolute Gasteiger partial charge is 0.389 e. The van der Waals surface area contributed by atoms with Gasteiger partial charge in [-0.05, 0) is 18.8 Å². The standard InChI is InChI=1S/C13H22N2O2/c1-9-6-5-7-13(9,16)8-10-14-11(15-17-10)12(2,3)4/h9,16H,5-8H2,1-4H3/t9-,13-/m0/s1. The number of hydrogen-bond acceptors (Lipinski definition) is 4. The van der Waals surface area contributed by atoms with Crippen LogP contribution in [0.5, 0.6) is 0 Å². The van der Waals surface area contributed by atoms with Crippen LogP contribution in [0.15, 0.2) is 4.52 Å². The Balaban J connectivity index is 2.12. The second kappa shape index (κ2) is 4.09. The summed E-state index contributed by atoms with van der Waals surface area (Å²) in [6, 6.07) is 0. The quantitative estimate of drug-likeness (QED) is 0.859. The lowest BCUT2D eigenvalue weighted by Crippen LogP contribution is -2.34. The number of hydrogen-bond donors (Lipinski definition) is 1. The van der Waals surface area contributed by atoms with Crippen LogP contribution >= 0.6 is 0 Å². The molecule has 0 aromatic carbocycles. The Labute approximate surface area is 102 Å². The highest BCUT2D eigenvalue weighted by Gasteiger charge is 2.40. The summed E-state index contributed by atoms with van der Waals surface area (Å²) in [6.07, 6.45) is 3.48. The van der Waals surface area contributed by atoms with Crippen molar-refractivity contribution in [1.82, 2.24) is 10.1 Å². The van der Waals surface area contributed by atoms with E-state index in [2.05, 4.69) is 37.8 Å². The van der Waals surface area contributed by atoms with Gasteiger partial charge in [0.15, 0.2) is 5.82 Å². The maximum atomic E-state index is 10.5. The van der Waals surface area contributed by atoms with Crippen molar-refractivity contribution in [1.29, 1.82) is 0 Å². The molecule has 2 atom stereocenters. The molecular formula is C13H22N2O2. The normalized spacial score (nSPS) is 29.8. The average molecular weight is 238 g/mol. The summed E-state index contributed by atoms with van der Waals surface area (Å²) in [5.41, 5.74) is -0.757. The third-order valence-electron chi connectivity index (χ3n) is 3.76. The highest BCUT2D eigenvalue weighted by atomic mass is 16.5. The summed E-state index contributed by atoms with van der Waals surface area (Å²) in [5, 5.41) is 14.5. The van der Waals surface area contributed by atoms with Crippen LogP contribution in [0.25, 0.3) is 0 Å². The van der Waals surface area contributed by atoms with E-state index in [1.54, 1.807) is 0 Å². The Hall–Kier alpha value is -0.900. The first-order valence-corrected chi connectivity index (χ1v) is 6.37. The van der Waals surface area contributed by atoms with Crippen LogP contribution in [-0.2, 0) is 11.8 Å². The fourth-order valence-electron chi connectivity index (χ4n) is 2.39. The Morgan fingerprint density at radius 2 is 2.18 bits per heavy atom. The molecule has 1 aromatic heterocycles. The van der Waals surface area contributed by atoms with Crippen molar-refractivity contribution in [3.63, 3.8) is 0 Å². The van der Waals surface area contributed by atoms with Gasteiger partial charge in [0, 0.05) is 5.41 Å². The molecule has 1 heterocycles. The average Bonchev–Trinajstić information content (AvgIpc) is 2.75. The number of aromatic nitrogens is 2. The maximum Gasteiger partial charge on any atom is 0.229 e. The zero-order chi connectivity index (χ0) is 12.7. The van der Waals surface area contributed by atoms with Crippen molar-refractivity contribution in [2.45, 2.75) is 64.4 Å². The topological polar surface area (TPSA) is 59.2 Å². The molecule has 96 valence electrons. The third kappa shape index (κ3) is 2.51. The predicted molar refractivity (Wildman–Crippen MR) is 64.7 cm³/mol. The molecule has 0 radical (unpaired) electrons. The first-order valence-electron chi connectivity index (χ1n) is 6.37. The first kappa shape index (κ1) is 12.6. The van der Waals surface area contributed by atoms with Crippen LogP contribution in [0.4, 0.5) is 0 Å². The van der Waals surface area contributed by atoms with E-state index in [0.717, 1.165) is 19.3 Å². The fourth-order valence-corrected chi connectivity index (χ4v) is 2.39. The lowest BCUT2D eigenvalue weighted by atomic mass is 9.89. The van der Waals surface area contributed by atoms with E-state index >= 15 is 0 Å². The van der Waals surface area contributed by atoms with E-state index in [0.29, 0.717) is 24.1 Å². The van der Waals surface area contributed by atoms with Crippen molar-refractivity contribution in [2.24, 2.45) is 5.92 Å². The van der Waals surface area contributed by atoms with E-state index in [1.165, 1.54) is 0 Å². The second-order valence-corrected chi connectivity index (χ2v) is 6.34. The van der Waals surface area contributed by atoms with Crippen molar-refractivity contribution in [3.05, 3.63) is 11.7 Å². The molecular weight excluding hydrogens is 216 g/mol. The summed E-state index contributed by atoms with van der Waals surface area (Å²) in [6.45, 7) is 8.24. The molecule has 1 aromatic rings. The third-order valence-corrected chi connectivity index (χ3v) is 3.76. The van der Waals surface area contributed by atoms with Crippen LogP contribution in [0.3, 0.4) is 0 Å². The van der Waals surface area contributed by atoms with Crippen LogP contribution in [0.2, 0.25) is 0 Å². The molecule has 17 heavy (non-hydrogen) atoms. The number of aliphatic hydroxyl groups is 1. The molecule has 1 aliphatic rings. The molecule has 1 aliphatic carbocycles. The molecule has 1 fully saturated rings. The van der Waals surface area contributed by atoms with E-state index in [9.17, 15) is 5.11 Å². The maximum absolute atomic E-state index is 10.5. The zero-order valence-electron chi connectivity index (χ0n) is 11.2. The van der Waals surface area contributed by atoms with Gasteiger partial charge in [-0.1, -0.05) is 39.3 Å². The number of rotatable bonds is 2. The van der Waals surface area contributed by atoms with E-state index in [-0.39, 0.29) is 5.41 Å². The Kier molecular flexibility index (Phi) is 3.02. The van der Waals surface area contributed by atoms with Gasteiger partial charge in [0.2, 0.25) is 5.89 Å². The van der Waals surface area contributed by atoms with Gasteiger partial charge in [0.05, 0.1) is 12.0 Å². The fraction of sp³-hybridized carbons (Fsp3) is 0.846. The smallest absolute Gasteiger partial charge is 0.229 e. The van der Waals surface area contributed by atoms with Crippen molar-refractivity contribution >= 4 is 0 Å². The molecule has 0 amide bonds. The van der Waals surface area contributed by atoms with E-state index < -0.39 is 5.60 Å². The van der Waals surface area contributed by atoms with Crippen molar-refractivity contribution < 1.29 is 9.63 Å². The van der Waals surface area contributed by atoms with Crippen LogP contribution in [0, 0.1) is 5.92 Å². The Bertz CT molecular complexity index is 394. The zero-order valence-corrected chi connectivity index (χ0v) is 11.2. The molecule has 1 N–H and O–H groups in total. The van der Waals surface area contributed by atoms with Gasteiger partial charge in [-0.3, -0.25) is 0 Å². The minimum atomic E-state index is -0.651. The SMILES string of the molecule is C[C@H]1CCC[C@]1(O)Cc1nc(C(C)(C)C)no1. The lowest BCUT2D eigenvalue weighted by molar-refractivity contribution is 0.00291. The van der Waals surface area contributed by atoms with Crippen molar-refractivity contribution in [2.75, 3.05) is 0 Å². The van der Waals surface area contributed by atoms with Gasteiger partial charge >= 0.3 is 0 Å². The molecule has 0 saturated heterocycles. The molecule has 0 unspecified atom stereocenters. The Morgan fingerprint density at radius 1 is 1.47 bits per heavy atom. The minimum Gasteiger partial charge on any atom is -0.389 e. The van der Waals surface area contributed by atoms with Crippen LogP contribution in [0.1, 0.15) is 58.7 Å². The van der Waals surface area contributed by atoms with Crippen molar-refractivity contribution in [3.8, 4) is 0 Å². The number of nitrogens with zero attached hydrogens (tertiary/aromatic N) is 2. The van der Waals surface area contributed by atoms with Gasteiger partial charge < -0.3 is 9.63 Å². The first-order chi connectivity index (χ1) is 7.81. The molecule has 1 saturated carbocycles. The Morgan fingerprint density at radius 3 is 2.65 bits per heavy atom. The molecule has 0 bridgehead atoms. The van der Waals surface area contributed by atoms with Crippen LogP contribution < -0.4 is 0 Å². The molecule has 4 nitrogen and oxygen atoms in total. The van der Waals surface area contributed by atoms with Gasteiger partial charge in [0.25, 0.3) is 0 Å². The molecule has 2 rings (SSSR count). The van der Waals surface area contributed by atoms with E-state index in [1.807, 2.05) is 0 Å². The molecule has 4 heteroatoms. The van der Waals surface area contributed by atoms with Crippen LogP contribution in [-0.4, -0.2) is 20.8 Å². The molecule has 0 spiro atoms. The highest BCUT2D eigenvalue weighted by molar-refractivity contribution is 5.03. The summed E-state index contributed by atoms with van der Waals surface area (Å²) in [5.74, 6) is 1.58. The van der Waals surface area contributed by atoms with Gasteiger partial charge in [-0.2, -0.15) is 4.98 Å². The summed E-state index contributed by atoms with van der Waals surface area (Å²) in [7, 11) is 0. The summed E-state index contributed by atoms with van der Waals surface area (Å²) >= 11 is 0. The second-order valence-electron chi connectivity index (χ2n) is 6.34. The summed E-state index contributed by atoms with van der Waals surface area (Å²) in [4.78, 5) is 4.39. The highest BCUT2D eigenvalue weighted by Crippen LogP contribution is 2.37. The monoisotopic (exact) mass is 238 g/mol. The molecule has 0 aliphatic heterocycles. The lowest BCUT2D eigenvalue weighted by Gasteiger charge is -2.25. The van der Waals surface area contributed by atoms with Gasteiger partial charge in [-0.15, -0.1) is 0 Å². The van der Waals surface area contributed by atoms with Gasteiger partial charge in [0.1, 0.15) is 0 Å².